The number of nitrogens with zero attached hydrogens (tertiary/aromatic N) is 1. The van der Waals surface area contributed by atoms with Gasteiger partial charge in [-0.2, -0.15) is 0 Å². The zero-order valence-corrected chi connectivity index (χ0v) is 25.8. The number of aliphatic hydroxyl groups excluding tert-OH is 2. The highest BCUT2D eigenvalue weighted by molar-refractivity contribution is 5.94. The molecule has 4 aliphatic carbocycles. The Hall–Kier alpha value is -4.21. The van der Waals surface area contributed by atoms with Crippen molar-refractivity contribution in [1.29, 1.82) is 0 Å². The lowest BCUT2D eigenvalue weighted by Gasteiger charge is -2.61. The van der Waals surface area contributed by atoms with Crippen LogP contribution in [0.5, 0.6) is 0 Å². The number of alkyl halides is 1. The summed E-state index contributed by atoms with van der Waals surface area (Å²) in [5.74, 6) is -3.57. The Labute approximate surface area is 268 Å². The second kappa shape index (κ2) is 12.4. The van der Waals surface area contributed by atoms with Gasteiger partial charge in [-0.15, -0.1) is 10.1 Å². The predicted octanol–water partition coefficient (Wildman–Crippen LogP) is 1.92. The largest absolute Gasteiger partial charge is 0.460 e. The molecule has 0 aliphatic heterocycles. The number of ketones is 2. The molecule has 0 spiro atoms. The monoisotopic (exact) mass is 660 g/mol. The lowest BCUT2D eigenvalue weighted by atomic mass is 9.45. The molecule has 1 aromatic rings. The Bertz CT molecular complexity index is 1550. The number of carbonyl (C=O) groups is 4. The third-order valence-corrected chi connectivity index (χ3v) is 10.7. The molecule has 254 valence electrons. The summed E-state index contributed by atoms with van der Waals surface area (Å²) in [4.78, 5) is 64.7. The molecule has 47 heavy (non-hydrogen) atoms. The van der Waals surface area contributed by atoms with Gasteiger partial charge >= 0.3 is 12.1 Å². The maximum absolute atomic E-state index is 17.2. The van der Waals surface area contributed by atoms with Crippen LogP contribution in [0.3, 0.4) is 0 Å². The molecule has 0 heterocycles. The van der Waals surface area contributed by atoms with Gasteiger partial charge in [-0.3, -0.25) is 9.59 Å². The summed E-state index contributed by atoms with van der Waals surface area (Å²) >= 11 is 0. The molecule has 14 nitrogen and oxygen atoms in total. The molecule has 0 bridgehead atoms. The highest BCUT2D eigenvalue weighted by Crippen LogP contribution is 2.69. The predicted molar refractivity (Wildman–Crippen MR) is 158 cm³/mol. The van der Waals surface area contributed by atoms with Crippen LogP contribution in [0.15, 0.2) is 48.1 Å². The van der Waals surface area contributed by atoms with Gasteiger partial charge in [0.15, 0.2) is 23.7 Å². The Morgan fingerprint density at radius 2 is 1.89 bits per heavy atom. The molecule has 5 rings (SSSR count). The summed E-state index contributed by atoms with van der Waals surface area (Å²) < 4.78 is 27.3. The van der Waals surface area contributed by atoms with Gasteiger partial charge in [-0.25, -0.2) is 14.0 Å². The molecular weight excluding hydrogens is 623 g/mol. The Kier molecular flexibility index (Phi) is 9.03. The first-order chi connectivity index (χ1) is 22.1. The number of amides is 1. The van der Waals surface area contributed by atoms with Crippen LogP contribution in [0.4, 0.5) is 9.18 Å². The van der Waals surface area contributed by atoms with E-state index in [1.165, 1.54) is 43.3 Å². The SMILES string of the molecule is C[C@]12C=CC(=O)CC1=CC[C@H]1[C@@H]3C[C@@H](O)[C@](O)(C(=O)COC(=O)NCCOC(=O)c4cccc(CO[N+](=O)[O-])c4)[C@@]3(C)C[C@H](O)[C@@]12F. The number of hydrogen-bond acceptors (Lipinski definition) is 12. The second-order valence-corrected chi connectivity index (χ2v) is 13.0. The average molecular weight is 661 g/mol. The molecular formula is C32H37FN2O12. The van der Waals surface area contributed by atoms with Gasteiger partial charge in [-0.1, -0.05) is 36.8 Å². The number of Topliss-reactive ketones (excluding diaryl/α,β-unsaturated/α-hetero) is 1. The van der Waals surface area contributed by atoms with E-state index in [-0.39, 0.29) is 56.8 Å². The Morgan fingerprint density at radius 1 is 1.15 bits per heavy atom. The normalized spacial score (nSPS) is 35.4. The maximum atomic E-state index is 17.2. The number of rotatable bonds is 10. The lowest BCUT2D eigenvalue weighted by Crippen LogP contribution is -2.69. The second-order valence-electron chi connectivity index (χ2n) is 13.0. The van der Waals surface area contributed by atoms with E-state index in [4.69, 9.17) is 9.47 Å². The van der Waals surface area contributed by atoms with Gasteiger partial charge in [0.1, 0.15) is 13.2 Å². The van der Waals surface area contributed by atoms with Crippen molar-refractivity contribution in [3.63, 3.8) is 0 Å². The molecule has 0 unspecified atom stereocenters. The van der Waals surface area contributed by atoms with Gasteiger partial charge in [-0.05, 0) is 55.9 Å². The number of halogens is 1. The number of carbonyl (C=O) groups excluding carboxylic acids is 4. The van der Waals surface area contributed by atoms with E-state index in [0.29, 0.717) is 11.1 Å². The van der Waals surface area contributed by atoms with Crippen LogP contribution in [0, 0.1) is 32.8 Å². The number of benzene rings is 1. The van der Waals surface area contributed by atoms with E-state index < -0.39 is 75.7 Å². The Balaban J connectivity index is 1.17. The molecule has 1 aromatic carbocycles. The fraction of sp³-hybridized carbons (Fsp3) is 0.562. The van der Waals surface area contributed by atoms with Gasteiger partial charge < -0.3 is 34.9 Å². The molecule has 2 saturated carbocycles. The summed E-state index contributed by atoms with van der Waals surface area (Å²) in [7, 11) is 0. The smallest absolute Gasteiger partial charge is 0.407 e. The van der Waals surface area contributed by atoms with Crippen LogP contribution >= 0.6 is 0 Å². The lowest BCUT2D eigenvalue weighted by molar-refractivity contribution is -0.763. The standard InChI is InChI=1S/C32H37FN2O12/c1-29-9-8-21(36)13-20(29)6-7-22-23-14-24(37)32(42,30(23,2)15-25(38)31(22,29)33)26(39)17-46-28(41)34-10-11-45-27(40)19-5-3-4-18(12-19)16-47-35(43)44/h3-6,8-9,12,22-25,37-38,42H,7,10-11,13-17H2,1-2H3,(H,34,41)/t22-,23-,24+,25-,29-,30-,31-,32-/m0/s1. The van der Waals surface area contributed by atoms with Crippen molar-refractivity contribution < 1.29 is 58.3 Å². The highest BCUT2D eigenvalue weighted by Gasteiger charge is 2.76. The van der Waals surface area contributed by atoms with Gasteiger partial charge in [0, 0.05) is 23.2 Å². The van der Waals surface area contributed by atoms with Gasteiger partial charge in [0.05, 0.1) is 24.3 Å². The van der Waals surface area contributed by atoms with E-state index in [1.807, 2.05) is 0 Å². The highest BCUT2D eigenvalue weighted by atomic mass is 19.1. The topological polar surface area (TPSA) is 212 Å². The first-order valence-electron chi connectivity index (χ1n) is 15.2. The number of fused-ring (bicyclic) bond motifs is 5. The van der Waals surface area contributed by atoms with Crippen LogP contribution in [-0.2, 0) is 30.5 Å². The third-order valence-electron chi connectivity index (χ3n) is 10.7. The minimum absolute atomic E-state index is 0.0322. The summed E-state index contributed by atoms with van der Waals surface area (Å²) in [6.07, 6.45) is -0.0921. The van der Waals surface area contributed by atoms with Crippen LogP contribution in [0.2, 0.25) is 0 Å². The summed E-state index contributed by atoms with van der Waals surface area (Å²) in [6.45, 7) is 1.36. The maximum Gasteiger partial charge on any atom is 0.407 e. The number of ether oxygens (including phenoxy) is 2. The minimum Gasteiger partial charge on any atom is -0.460 e. The first-order valence-corrected chi connectivity index (χ1v) is 15.2. The molecule has 0 radical (unpaired) electrons. The molecule has 15 heteroatoms. The van der Waals surface area contributed by atoms with E-state index in [0.717, 1.165) is 0 Å². The Morgan fingerprint density at radius 3 is 2.62 bits per heavy atom. The van der Waals surface area contributed by atoms with Crippen molar-refractivity contribution >= 4 is 23.6 Å². The van der Waals surface area contributed by atoms with Crippen LogP contribution < -0.4 is 5.32 Å². The quantitative estimate of drug-likeness (QED) is 0.0932. The zero-order valence-electron chi connectivity index (χ0n) is 25.8. The van der Waals surface area contributed by atoms with Crippen molar-refractivity contribution in [2.45, 2.75) is 69.6 Å². The fourth-order valence-electron chi connectivity index (χ4n) is 8.22. The number of hydrogen-bond donors (Lipinski definition) is 4. The molecule has 8 atom stereocenters. The fourth-order valence-corrected chi connectivity index (χ4v) is 8.22. The molecule has 2 fully saturated rings. The van der Waals surface area contributed by atoms with E-state index >= 15 is 4.39 Å². The van der Waals surface area contributed by atoms with Crippen molar-refractivity contribution in [3.05, 3.63) is 69.3 Å². The zero-order chi connectivity index (χ0) is 34.4. The number of nitrogens with one attached hydrogen (secondary N) is 1. The van der Waals surface area contributed by atoms with Gasteiger partial charge in [0.2, 0.25) is 5.78 Å². The number of esters is 1. The van der Waals surface area contributed by atoms with Crippen molar-refractivity contribution in [3.8, 4) is 0 Å². The molecule has 0 saturated heterocycles. The summed E-state index contributed by atoms with van der Waals surface area (Å²) in [5, 5.41) is 45.9. The van der Waals surface area contributed by atoms with Crippen LogP contribution in [-0.4, -0.2) is 87.3 Å². The van der Waals surface area contributed by atoms with E-state index in [9.17, 15) is 44.6 Å². The first kappa shape index (κ1) is 34.1. The molecule has 4 N–H and O–H groups in total. The van der Waals surface area contributed by atoms with E-state index in [1.54, 1.807) is 13.0 Å². The van der Waals surface area contributed by atoms with Crippen molar-refractivity contribution in [2.24, 2.45) is 22.7 Å². The van der Waals surface area contributed by atoms with Crippen molar-refractivity contribution in [1.82, 2.24) is 5.32 Å². The number of alkyl carbamates (subject to hydrolysis) is 1. The van der Waals surface area contributed by atoms with Crippen LogP contribution in [0.25, 0.3) is 0 Å². The van der Waals surface area contributed by atoms with Crippen molar-refractivity contribution in [2.75, 3.05) is 19.8 Å². The minimum atomic E-state index is -2.46. The molecule has 0 aromatic heterocycles. The van der Waals surface area contributed by atoms with Crippen LogP contribution in [0.1, 0.15) is 55.5 Å². The summed E-state index contributed by atoms with van der Waals surface area (Å²) in [6, 6.07) is 5.78. The molecule has 1 amide bonds. The average Bonchev–Trinajstić information content (AvgIpc) is 3.23. The number of aliphatic hydroxyl groups is 3. The van der Waals surface area contributed by atoms with E-state index in [2.05, 4.69) is 10.2 Å². The summed E-state index contributed by atoms with van der Waals surface area (Å²) in [5.41, 5.74) is -6.41. The third kappa shape index (κ3) is 5.59. The number of allylic oxidation sites excluding steroid dienone is 4. The molecule has 4 aliphatic rings. The van der Waals surface area contributed by atoms with Gasteiger partial charge in [0.25, 0.3) is 5.09 Å².